The normalized spacial score (nSPS) is 12.2. The molecule has 2 heteroatoms. The summed E-state index contributed by atoms with van der Waals surface area (Å²) in [4.78, 5) is 0. The lowest BCUT2D eigenvalue weighted by molar-refractivity contribution is -0.545. The average molecular weight is 331 g/mol. The summed E-state index contributed by atoms with van der Waals surface area (Å²) < 4.78 is 2.25. The van der Waals surface area contributed by atoms with Crippen LogP contribution in [0.15, 0.2) is 48.5 Å². The largest absolute Gasteiger partial charge is 0.245 e. The van der Waals surface area contributed by atoms with Crippen LogP contribution in [0.3, 0.4) is 0 Å². The Bertz CT molecular complexity index is 1050. The van der Waals surface area contributed by atoms with Crippen LogP contribution in [0.1, 0.15) is 38.8 Å². The Morgan fingerprint density at radius 1 is 0.840 bits per heavy atom. The highest BCUT2D eigenvalue weighted by Crippen LogP contribution is 2.27. The Kier molecular flexibility index (Phi) is 3.99. The number of fused-ring (bicyclic) bond motifs is 5. The standard InChI is InChI=1S/C23H26N2/c1-15(2)11-17-13-19(12-16(3)4)23-20(14-17)22-10-9-18-7-5-6-8-21(18)25(22)24-23/h5-10,13-16H,11-12H2,1-4H3/p+1. The monoisotopic (exact) mass is 331 g/mol. The Balaban J connectivity index is 2.05. The highest BCUT2D eigenvalue weighted by Gasteiger charge is 2.19. The van der Waals surface area contributed by atoms with E-state index in [1.54, 1.807) is 0 Å². The third-order valence-electron chi connectivity index (χ3n) is 4.89. The van der Waals surface area contributed by atoms with Gasteiger partial charge in [0.15, 0.2) is 0 Å². The zero-order valence-electron chi connectivity index (χ0n) is 15.6. The Morgan fingerprint density at radius 3 is 2.36 bits per heavy atom. The fraction of sp³-hybridized carbons (Fsp3) is 0.348. The van der Waals surface area contributed by atoms with Crippen molar-refractivity contribution in [1.29, 1.82) is 0 Å². The molecule has 2 aromatic carbocycles. The zero-order valence-corrected chi connectivity index (χ0v) is 15.6. The molecule has 0 spiro atoms. The van der Waals surface area contributed by atoms with Crippen LogP contribution in [0.2, 0.25) is 0 Å². The van der Waals surface area contributed by atoms with Crippen molar-refractivity contribution in [2.75, 3.05) is 0 Å². The lowest BCUT2D eigenvalue weighted by Gasteiger charge is -2.10. The Morgan fingerprint density at radius 2 is 1.60 bits per heavy atom. The van der Waals surface area contributed by atoms with Crippen molar-refractivity contribution >= 4 is 27.3 Å². The van der Waals surface area contributed by atoms with E-state index in [0.29, 0.717) is 11.8 Å². The first-order valence-electron chi connectivity index (χ1n) is 9.40. The molecule has 2 aromatic heterocycles. The van der Waals surface area contributed by atoms with E-state index < -0.39 is 0 Å². The molecule has 4 rings (SSSR count). The zero-order chi connectivity index (χ0) is 17.6. The first-order valence-corrected chi connectivity index (χ1v) is 9.40. The van der Waals surface area contributed by atoms with Gasteiger partial charge in [-0.3, -0.25) is 0 Å². The molecule has 0 radical (unpaired) electrons. The Hall–Kier alpha value is -2.35. The molecule has 0 fully saturated rings. The van der Waals surface area contributed by atoms with Crippen LogP contribution in [0.4, 0.5) is 0 Å². The number of pyridine rings is 1. The molecule has 0 aliphatic heterocycles. The van der Waals surface area contributed by atoms with Gasteiger partial charge in [-0.15, -0.1) is 0 Å². The van der Waals surface area contributed by atoms with Crippen LogP contribution >= 0.6 is 0 Å². The molecule has 128 valence electrons. The average Bonchev–Trinajstić information content (AvgIpc) is 2.93. The second-order valence-corrected chi connectivity index (χ2v) is 8.10. The highest BCUT2D eigenvalue weighted by atomic mass is 15.2. The second kappa shape index (κ2) is 6.18. The molecule has 0 atom stereocenters. The van der Waals surface area contributed by atoms with E-state index in [1.807, 2.05) is 0 Å². The molecule has 4 aromatic rings. The summed E-state index contributed by atoms with van der Waals surface area (Å²) in [5.74, 6) is 1.31. The van der Waals surface area contributed by atoms with Gasteiger partial charge in [-0.25, -0.2) is 0 Å². The predicted octanol–water partition coefficient (Wildman–Crippen LogP) is 5.46. The number of hydrogen-bond donors (Lipinski definition) is 1. The summed E-state index contributed by atoms with van der Waals surface area (Å²) in [5, 5.41) is 6.30. The van der Waals surface area contributed by atoms with E-state index in [-0.39, 0.29) is 0 Å². The van der Waals surface area contributed by atoms with Crippen LogP contribution in [0, 0.1) is 11.8 Å². The first-order chi connectivity index (χ1) is 12.0. The number of para-hydroxylation sites is 1. The molecule has 25 heavy (non-hydrogen) atoms. The molecular formula is C23H27N2+. The number of benzene rings is 2. The number of H-pyrrole nitrogens is 1. The second-order valence-electron chi connectivity index (χ2n) is 8.10. The highest BCUT2D eigenvalue weighted by molar-refractivity contribution is 5.95. The number of aromatic nitrogens is 2. The number of hydrogen-bond acceptors (Lipinski definition) is 0. The van der Waals surface area contributed by atoms with Crippen LogP contribution in [-0.4, -0.2) is 5.10 Å². The first kappa shape index (κ1) is 16.1. The minimum Gasteiger partial charge on any atom is -0.158 e. The molecule has 0 aliphatic rings. The molecule has 0 saturated heterocycles. The molecule has 2 nitrogen and oxygen atoms in total. The Labute approximate surface area is 149 Å². The van der Waals surface area contributed by atoms with Gasteiger partial charge in [0.2, 0.25) is 11.0 Å². The van der Waals surface area contributed by atoms with Gasteiger partial charge in [-0.05, 0) is 54.0 Å². The fourth-order valence-electron chi connectivity index (χ4n) is 3.94. The number of aromatic amines is 1. The number of nitrogens with one attached hydrogen (secondary N) is 1. The summed E-state index contributed by atoms with van der Waals surface area (Å²) in [7, 11) is 0. The SMILES string of the molecule is CC(C)Cc1cc(CC(C)C)c2[nH][n+]3c4ccccc4ccc3c2c1. The van der Waals surface area contributed by atoms with Gasteiger partial charge in [-0.1, -0.05) is 50.4 Å². The molecule has 2 heterocycles. The van der Waals surface area contributed by atoms with Gasteiger partial charge >= 0.3 is 0 Å². The van der Waals surface area contributed by atoms with Gasteiger partial charge in [0.1, 0.15) is 5.52 Å². The van der Waals surface area contributed by atoms with E-state index in [0.717, 1.165) is 12.8 Å². The fourth-order valence-corrected chi connectivity index (χ4v) is 3.94. The van der Waals surface area contributed by atoms with Gasteiger partial charge < -0.3 is 0 Å². The van der Waals surface area contributed by atoms with Gasteiger partial charge in [-0.2, -0.15) is 5.10 Å². The topological polar surface area (TPSA) is 19.9 Å². The van der Waals surface area contributed by atoms with E-state index >= 15 is 0 Å². The van der Waals surface area contributed by atoms with Crippen molar-refractivity contribution in [3.63, 3.8) is 0 Å². The molecule has 0 bridgehead atoms. The maximum absolute atomic E-state index is 3.69. The maximum Gasteiger partial charge on any atom is 0.245 e. The molecule has 1 N–H and O–H groups in total. The van der Waals surface area contributed by atoms with Crippen LogP contribution in [0.25, 0.3) is 27.3 Å². The van der Waals surface area contributed by atoms with Crippen molar-refractivity contribution in [1.82, 2.24) is 5.10 Å². The minimum atomic E-state index is 0.644. The van der Waals surface area contributed by atoms with E-state index in [4.69, 9.17) is 0 Å². The quantitative estimate of drug-likeness (QED) is 0.479. The predicted molar refractivity (Wildman–Crippen MR) is 106 cm³/mol. The number of rotatable bonds is 4. The van der Waals surface area contributed by atoms with Crippen LogP contribution < -0.4 is 4.52 Å². The van der Waals surface area contributed by atoms with Gasteiger partial charge in [0.25, 0.3) is 0 Å². The summed E-state index contributed by atoms with van der Waals surface area (Å²) in [6.07, 6.45) is 2.24. The minimum absolute atomic E-state index is 0.644. The summed E-state index contributed by atoms with van der Waals surface area (Å²) in [6.45, 7) is 9.19. The molecular weight excluding hydrogens is 304 g/mol. The van der Waals surface area contributed by atoms with Crippen molar-refractivity contribution < 1.29 is 4.52 Å². The lowest BCUT2D eigenvalue weighted by atomic mass is 9.94. The van der Waals surface area contributed by atoms with Crippen molar-refractivity contribution in [3.8, 4) is 0 Å². The van der Waals surface area contributed by atoms with Gasteiger partial charge in [0, 0.05) is 17.5 Å². The van der Waals surface area contributed by atoms with Crippen molar-refractivity contribution in [3.05, 3.63) is 59.7 Å². The van der Waals surface area contributed by atoms with Crippen LogP contribution in [-0.2, 0) is 12.8 Å². The van der Waals surface area contributed by atoms with Crippen LogP contribution in [0.5, 0.6) is 0 Å². The smallest absolute Gasteiger partial charge is 0.158 e. The molecule has 0 aliphatic carbocycles. The third-order valence-corrected chi connectivity index (χ3v) is 4.89. The van der Waals surface area contributed by atoms with E-state index in [2.05, 4.69) is 85.8 Å². The molecule has 0 saturated carbocycles. The summed E-state index contributed by atoms with van der Waals surface area (Å²) >= 11 is 0. The molecule has 0 unspecified atom stereocenters. The van der Waals surface area contributed by atoms with Crippen molar-refractivity contribution in [2.45, 2.75) is 40.5 Å². The summed E-state index contributed by atoms with van der Waals surface area (Å²) in [5.41, 5.74) is 6.68. The maximum atomic E-state index is 3.69. The van der Waals surface area contributed by atoms with E-state index in [1.165, 1.54) is 38.4 Å². The number of nitrogens with zero attached hydrogens (tertiary/aromatic N) is 1. The van der Waals surface area contributed by atoms with E-state index in [9.17, 15) is 0 Å². The lowest BCUT2D eigenvalue weighted by Crippen LogP contribution is -2.23. The van der Waals surface area contributed by atoms with Gasteiger partial charge in [0.05, 0.1) is 5.39 Å². The van der Waals surface area contributed by atoms with Crippen molar-refractivity contribution in [2.24, 2.45) is 11.8 Å². The third kappa shape index (κ3) is 2.90. The summed E-state index contributed by atoms with van der Waals surface area (Å²) in [6, 6.07) is 17.9. The molecule has 0 amide bonds.